The molecule has 1 heterocycles. The fourth-order valence-electron chi connectivity index (χ4n) is 1.49. The van der Waals surface area contributed by atoms with E-state index in [1.807, 2.05) is 6.07 Å². The minimum absolute atomic E-state index is 0.195. The van der Waals surface area contributed by atoms with Gasteiger partial charge in [-0.25, -0.2) is 14.4 Å². The molecule has 1 N–H and O–H groups in total. The average molecular weight is 331 g/mol. The summed E-state index contributed by atoms with van der Waals surface area (Å²) in [5.74, 6) is 0.408. The van der Waals surface area contributed by atoms with Crippen LogP contribution in [0.15, 0.2) is 35.1 Å². The number of nitrogens with zero attached hydrogens (tertiary/aromatic N) is 2. The maximum Gasteiger partial charge on any atom is 0.148 e. The number of anilines is 1. The number of aromatic nitrogens is 2. The molecule has 0 amide bonds. The molecular formula is C12H10BrClFN3. The zero-order chi connectivity index (χ0) is 13.0. The summed E-state index contributed by atoms with van der Waals surface area (Å²) in [5.41, 5.74) is 0.668. The van der Waals surface area contributed by atoms with E-state index in [0.29, 0.717) is 34.0 Å². The topological polar surface area (TPSA) is 37.8 Å². The summed E-state index contributed by atoms with van der Waals surface area (Å²) in [5, 5.41) is 3.43. The lowest BCUT2D eigenvalue weighted by molar-refractivity contribution is 0.610. The minimum Gasteiger partial charge on any atom is -0.369 e. The lowest BCUT2D eigenvalue weighted by atomic mass is 10.1. The standard InChI is InChI=1S/C12H10BrClFN3/c13-10-11(14)17-7-18-12(10)16-6-5-8-3-1-2-4-9(8)15/h1-4,7H,5-6H2,(H,16,17,18). The molecule has 0 saturated heterocycles. The van der Waals surface area contributed by atoms with Crippen LogP contribution < -0.4 is 5.32 Å². The Labute approximate surface area is 118 Å². The molecule has 6 heteroatoms. The second kappa shape index (κ2) is 6.11. The normalized spacial score (nSPS) is 10.4. The Morgan fingerprint density at radius 2 is 2.06 bits per heavy atom. The molecule has 2 aromatic rings. The van der Waals surface area contributed by atoms with Crippen molar-refractivity contribution in [3.8, 4) is 0 Å². The van der Waals surface area contributed by atoms with Gasteiger partial charge in [0.15, 0.2) is 0 Å². The number of hydrogen-bond acceptors (Lipinski definition) is 3. The van der Waals surface area contributed by atoms with Crippen molar-refractivity contribution in [2.75, 3.05) is 11.9 Å². The molecule has 3 nitrogen and oxygen atoms in total. The largest absolute Gasteiger partial charge is 0.369 e. The molecule has 0 saturated carbocycles. The van der Waals surface area contributed by atoms with E-state index in [-0.39, 0.29) is 5.82 Å². The average Bonchev–Trinajstić information content (AvgIpc) is 2.37. The summed E-state index contributed by atoms with van der Waals surface area (Å²) in [6, 6.07) is 6.70. The number of benzene rings is 1. The molecule has 0 aliphatic rings. The van der Waals surface area contributed by atoms with Crippen molar-refractivity contribution in [2.45, 2.75) is 6.42 Å². The molecule has 0 bridgehead atoms. The van der Waals surface area contributed by atoms with Crippen LogP contribution in [-0.2, 0) is 6.42 Å². The molecule has 94 valence electrons. The molecule has 18 heavy (non-hydrogen) atoms. The van der Waals surface area contributed by atoms with Crippen LogP contribution in [0.2, 0.25) is 5.15 Å². The van der Waals surface area contributed by atoms with E-state index in [2.05, 4.69) is 31.2 Å². The van der Waals surface area contributed by atoms with Crippen molar-refractivity contribution in [1.29, 1.82) is 0 Å². The number of hydrogen-bond donors (Lipinski definition) is 1. The predicted octanol–water partition coefficient (Wildman–Crippen LogP) is 3.69. The van der Waals surface area contributed by atoms with Crippen molar-refractivity contribution in [1.82, 2.24) is 9.97 Å². The van der Waals surface area contributed by atoms with E-state index in [4.69, 9.17) is 11.6 Å². The second-order valence-corrected chi connectivity index (χ2v) is 4.75. The Morgan fingerprint density at radius 1 is 1.28 bits per heavy atom. The highest BCUT2D eigenvalue weighted by atomic mass is 79.9. The molecule has 0 radical (unpaired) electrons. The van der Waals surface area contributed by atoms with E-state index in [0.717, 1.165) is 0 Å². The van der Waals surface area contributed by atoms with Crippen molar-refractivity contribution in [2.24, 2.45) is 0 Å². The maximum atomic E-state index is 13.4. The van der Waals surface area contributed by atoms with E-state index in [1.165, 1.54) is 12.4 Å². The first-order valence-electron chi connectivity index (χ1n) is 5.32. The SMILES string of the molecule is Fc1ccccc1CCNc1ncnc(Cl)c1Br. The molecule has 1 aromatic heterocycles. The maximum absolute atomic E-state index is 13.4. The van der Waals surface area contributed by atoms with Crippen LogP contribution in [0, 0.1) is 5.82 Å². The number of halogens is 3. The molecular weight excluding hydrogens is 321 g/mol. The van der Waals surface area contributed by atoms with E-state index in [1.54, 1.807) is 12.1 Å². The number of nitrogens with one attached hydrogen (secondary N) is 1. The van der Waals surface area contributed by atoms with Gasteiger partial charge in [-0.05, 0) is 34.0 Å². The van der Waals surface area contributed by atoms with Crippen LogP contribution in [-0.4, -0.2) is 16.5 Å². The fourth-order valence-corrected chi connectivity index (χ4v) is 1.97. The summed E-state index contributed by atoms with van der Waals surface area (Å²) < 4.78 is 14.0. The van der Waals surface area contributed by atoms with Gasteiger partial charge in [-0.3, -0.25) is 0 Å². The third kappa shape index (κ3) is 3.17. The summed E-state index contributed by atoms with van der Waals surface area (Å²) in [6.07, 6.45) is 1.94. The Hall–Kier alpha value is -1.20. The highest BCUT2D eigenvalue weighted by Crippen LogP contribution is 2.25. The zero-order valence-electron chi connectivity index (χ0n) is 9.33. The quantitative estimate of drug-likeness (QED) is 0.869. The molecule has 0 atom stereocenters. The molecule has 0 aliphatic heterocycles. The van der Waals surface area contributed by atoms with Crippen LogP contribution in [0.1, 0.15) is 5.56 Å². The van der Waals surface area contributed by atoms with Crippen LogP contribution in [0.25, 0.3) is 0 Å². The van der Waals surface area contributed by atoms with Crippen molar-refractivity contribution in [3.63, 3.8) is 0 Å². The van der Waals surface area contributed by atoms with Gasteiger partial charge in [0.25, 0.3) is 0 Å². The van der Waals surface area contributed by atoms with Crippen LogP contribution in [0.3, 0.4) is 0 Å². The van der Waals surface area contributed by atoms with Crippen molar-refractivity contribution >= 4 is 33.3 Å². The second-order valence-electron chi connectivity index (χ2n) is 3.60. The summed E-state index contributed by atoms with van der Waals surface area (Å²) >= 11 is 9.12. The van der Waals surface area contributed by atoms with Gasteiger partial charge in [-0.1, -0.05) is 29.8 Å². The Bertz CT molecular complexity index is 551. The van der Waals surface area contributed by atoms with E-state index >= 15 is 0 Å². The van der Waals surface area contributed by atoms with Gasteiger partial charge in [-0.15, -0.1) is 0 Å². The zero-order valence-corrected chi connectivity index (χ0v) is 11.7. The third-order valence-electron chi connectivity index (χ3n) is 2.39. The van der Waals surface area contributed by atoms with Crippen LogP contribution in [0.5, 0.6) is 0 Å². The van der Waals surface area contributed by atoms with Gasteiger partial charge in [-0.2, -0.15) is 0 Å². The first kappa shape index (κ1) is 13.2. The van der Waals surface area contributed by atoms with E-state index in [9.17, 15) is 4.39 Å². The highest BCUT2D eigenvalue weighted by Gasteiger charge is 2.06. The number of rotatable bonds is 4. The summed E-state index contributed by atoms with van der Waals surface area (Å²) in [6.45, 7) is 0.562. The monoisotopic (exact) mass is 329 g/mol. The summed E-state index contributed by atoms with van der Waals surface area (Å²) in [4.78, 5) is 7.87. The lowest BCUT2D eigenvalue weighted by Gasteiger charge is -2.08. The summed E-state index contributed by atoms with van der Waals surface area (Å²) in [7, 11) is 0. The lowest BCUT2D eigenvalue weighted by Crippen LogP contribution is -2.08. The minimum atomic E-state index is -0.195. The van der Waals surface area contributed by atoms with Gasteiger partial charge in [0.2, 0.25) is 0 Å². The molecule has 1 aromatic carbocycles. The first-order chi connectivity index (χ1) is 8.68. The van der Waals surface area contributed by atoms with Gasteiger partial charge in [0, 0.05) is 6.54 Å². The van der Waals surface area contributed by atoms with Gasteiger partial charge >= 0.3 is 0 Å². The van der Waals surface area contributed by atoms with Gasteiger partial charge in [0.05, 0.1) is 4.47 Å². The van der Waals surface area contributed by atoms with Crippen molar-refractivity contribution < 1.29 is 4.39 Å². The van der Waals surface area contributed by atoms with Crippen molar-refractivity contribution in [3.05, 3.63) is 51.6 Å². The Balaban J connectivity index is 1.97. The fraction of sp³-hybridized carbons (Fsp3) is 0.167. The van der Waals surface area contributed by atoms with Gasteiger partial charge in [0.1, 0.15) is 23.1 Å². The molecule has 0 spiro atoms. The van der Waals surface area contributed by atoms with Gasteiger partial charge < -0.3 is 5.32 Å². The third-order valence-corrected chi connectivity index (χ3v) is 3.66. The molecule has 2 rings (SSSR count). The molecule has 0 unspecified atom stereocenters. The Kier molecular flexibility index (Phi) is 4.49. The van der Waals surface area contributed by atoms with E-state index < -0.39 is 0 Å². The molecule has 0 aliphatic carbocycles. The smallest absolute Gasteiger partial charge is 0.148 e. The van der Waals surface area contributed by atoms with Crippen LogP contribution in [0.4, 0.5) is 10.2 Å². The molecule has 0 fully saturated rings. The predicted molar refractivity (Wildman–Crippen MR) is 73.3 cm³/mol. The first-order valence-corrected chi connectivity index (χ1v) is 6.49. The Morgan fingerprint density at radius 3 is 2.83 bits per heavy atom. The highest BCUT2D eigenvalue weighted by molar-refractivity contribution is 9.10. The van der Waals surface area contributed by atoms with Crippen LogP contribution >= 0.6 is 27.5 Å².